The van der Waals surface area contributed by atoms with Crippen LogP contribution >= 0.6 is 0 Å². The zero-order valence-electron chi connectivity index (χ0n) is 17.2. The quantitative estimate of drug-likeness (QED) is 0.618. The summed E-state index contributed by atoms with van der Waals surface area (Å²) in [5, 5.41) is 4.14. The van der Waals surface area contributed by atoms with Crippen LogP contribution in [0.2, 0.25) is 0 Å². The van der Waals surface area contributed by atoms with Crippen molar-refractivity contribution in [2.24, 2.45) is 0 Å². The molecule has 2 aliphatic heterocycles. The fourth-order valence-electron chi connectivity index (χ4n) is 3.93. The average Bonchev–Trinajstić information content (AvgIpc) is 3.49. The van der Waals surface area contributed by atoms with Crippen molar-refractivity contribution in [3.05, 3.63) is 53.9 Å². The molecule has 2 aromatic carbocycles. The maximum atomic E-state index is 12.8. The van der Waals surface area contributed by atoms with Gasteiger partial charge >= 0.3 is 0 Å². The summed E-state index contributed by atoms with van der Waals surface area (Å²) in [6, 6.07) is 12.9. The Bertz CT molecular complexity index is 1070. The maximum Gasteiger partial charge on any atom is 0.253 e. The summed E-state index contributed by atoms with van der Waals surface area (Å²) in [5.41, 5.74) is 1.49. The van der Waals surface area contributed by atoms with Gasteiger partial charge in [0.2, 0.25) is 18.5 Å². The number of piperidine rings is 1. The van der Waals surface area contributed by atoms with Crippen LogP contribution in [0.15, 0.2) is 47.0 Å². The number of ether oxygens (including phenoxy) is 3. The summed E-state index contributed by atoms with van der Waals surface area (Å²) in [5.74, 6) is 3.49. The van der Waals surface area contributed by atoms with Crippen molar-refractivity contribution >= 4 is 5.91 Å². The highest BCUT2D eigenvalue weighted by Crippen LogP contribution is 2.36. The van der Waals surface area contributed by atoms with Crippen molar-refractivity contribution in [3.8, 4) is 28.6 Å². The summed E-state index contributed by atoms with van der Waals surface area (Å²) in [7, 11) is 0. The molecule has 3 heterocycles. The van der Waals surface area contributed by atoms with E-state index in [0.29, 0.717) is 42.7 Å². The minimum atomic E-state index is 0.0353. The molecule has 1 saturated heterocycles. The van der Waals surface area contributed by atoms with Crippen LogP contribution in [0.25, 0.3) is 11.4 Å². The SMILES string of the molecule is CCOc1ccc(C(=O)N2CCC(c3nc(-c4ccc5c(c4)OCO5)no3)CC2)cc1. The Morgan fingerprint density at radius 3 is 2.65 bits per heavy atom. The van der Waals surface area contributed by atoms with E-state index in [0.717, 1.165) is 29.9 Å². The van der Waals surface area contributed by atoms with Gasteiger partial charge in [0.1, 0.15) is 5.75 Å². The Morgan fingerprint density at radius 1 is 1.10 bits per heavy atom. The molecule has 8 heteroatoms. The molecular formula is C23H23N3O5. The fourth-order valence-corrected chi connectivity index (χ4v) is 3.93. The van der Waals surface area contributed by atoms with E-state index >= 15 is 0 Å². The highest BCUT2D eigenvalue weighted by molar-refractivity contribution is 5.94. The summed E-state index contributed by atoms with van der Waals surface area (Å²) >= 11 is 0. The lowest BCUT2D eigenvalue weighted by Crippen LogP contribution is -2.38. The topological polar surface area (TPSA) is 86.9 Å². The molecule has 1 fully saturated rings. The number of carbonyl (C=O) groups excluding carboxylic acids is 1. The van der Waals surface area contributed by atoms with Gasteiger partial charge in [-0.3, -0.25) is 4.79 Å². The standard InChI is InChI=1S/C23H23N3O5/c1-2-28-18-6-3-16(4-7-18)23(27)26-11-9-15(10-12-26)22-24-21(25-31-22)17-5-8-19-20(13-17)30-14-29-19/h3-8,13,15H,2,9-12,14H2,1H3. The molecule has 0 bridgehead atoms. The molecule has 0 spiro atoms. The van der Waals surface area contributed by atoms with Gasteiger partial charge in [0, 0.05) is 30.1 Å². The molecule has 5 rings (SSSR count). The fraction of sp³-hybridized carbons (Fsp3) is 0.348. The van der Waals surface area contributed by atoms with Crippen LogP contribution in [-0.2, 0) is 0 Å². The number of fused-ring (bicyclic) bond motifs is 1. The average molecular weight is 421 g/mol. The number of likely N-dealkylation sites (tertiary alicyclic amines) is 1. The number of carbonyl (C=O) groups is 1. The normalized spacial score (nSPS) is 15.8. The van der Waals surface area contributed by atoms with Gasteiger partial charge in [0.25, 0.3) is 5.91 Å². The molecule has 0 unspecified atom stereocenters. The first kappa shape index (κ1) is 19.4. The van der Waals surface area contributed by atoms with Crippen LogP contribution in [0.1, 0.15) is 41.9 Å². The van der Waals surface area contributed by atoms with E-state index in [4.69, 9.17) is 18.7 Å². The van der Waals surface area contributed by atoms with Gasteiger partial charge in [0.05, 0.1) is 6.61 Å². The Balaban J connectivity index is 1.21. The molecule has 0 radical (unpaired) electrons. The zero-order valence-corrected chi connectivity index (χ0v) is 17.2. The van der Waals surface area contributed by atoms with Crippen molar-refractivity contribution < 1.29 is 23.5 Å². The van der Waals surface area contributed by atoms with Crippen LogP contribution in [0.3, 0.4) is 0 Å². The minimum absolute atomic E-state index is 0.0353. The third-order valence-electron chi connectivity index (χ3n) is 5.62. The lowest BCUT2D eigenvalue weighted by molar-refractivity contribution is 0.0704. The van der Waals surface area contributed by atoms with E-state index in [1.165, 1.54) is 0 Å². The van der Waals surface area contributed by atoms with Gasteiger partial charge in [-0.25, -0.2) is 0 Å². The number of benzene rings is 2. The molecule has 160 valence electrons. The molecule has 1 aromatic heterocycles. The van der Waals surface area contributed by atoms with Crippen LogP contribution < -0.4 is 14.2 Å². The Hall–Kier alpha value is -3.55. The second-order valence-electron chi connectivity index (χ2n) is 7.55. The molecule has 8 nitrogen and oxygen atoms in total. The molecule has 0 saturated carbocycles. The molecule has 31 heavy (non-hydrogen) atoms. The van der Waals surface area contributed by atoms with Crippen molar-refractivity contribution in [1.82, 2.24) is 15.0 Å². The second-order valence-corrected chi connectivity index (χ2v) is 7.55. The van der Waals surface area contributed by atoms with Crippen molar-refractivity contribution in [2.45, 2.75) is 25.7 Å². The van der Waals surface area contributed by atoms with E-state index in [1.54, 1.807) is 0 Å². The summed E-state index contributed by atoms with van der Waals surface area (Å²) in [4.78, 5) is 19.3. The van der Waals surface area contributed by atoms with Crippen molar-refractivity contribution in [3.63, 3.8) is 0 Å². The Labute approximate surface area is 179 Å². The van der Waals surface area contributed by atoms with Crippen LogP contribution in [-0.4, -0.2) is 47.4 Å². The smallest absolute Gasteiger partial charge is 0.253 e. The number of hydrogen-bond acceptors (Lipinski definition) is 7. The van der Waals surface area contributed by atoms with E-state index in [2.05, 4.69) is 10.1 Å². The third-order valence-corrected chi connectivity index (χ3v) is 5.62. The number of hydrogen-bond donors (Lipinski definition) is 0. The van der Waals surface area contributed by atoms with E-state index in [1.807, 2.05) is 54.3 Å². The van der Waals surface area contributed by atoms with Gasteiger partial charge in [-0.15, -0.1) is 0 Å². The van der Waals surface area contributed by atoms with Gasteiger partial charge in [-0.2, -0.15) is 4.98 Å². The van der Waals surface area contributed by atoms with Crippen LogP contribution in [0.5, 0.6) is 17.2 Å². The molecule has 0 N–H and O–H groups in total. The van der Waals surface area contributed by atoms with E-state index < -0.39 is 0 Å². The first-order valence-corrected chi connectivity index (χ1v) is 10.5. The molecule has 0 aliphatic carbocycles. The predicted molar refractivity (Wildman–Crippen MR) is 111 cm³/mol. The van der Waals surface area contributed by atoms with Gasteiger partial charge in [-0.1, -0.05) is 5.16 Å². The lowest BCUT2D eigenvalue weighted by atomic mass is 9.96. The Kier molecular flexibility index (Phi) is 5.19. The first-order valence-electron chi connectivity index (χ1n) is 10.5. The summed E-state index contributed by atoms with van der Waals surface area (Å²) < 4.78 is 21.8. The number of rotatable bonds is 5. The maximum absolute atomic E-state index is 12.8. The van der Waals surface area contributed by atoms with Crippen LogP contribution in [0, 0.1) is 0 Å². The highest BCUT2D eigenvalue weighted by atomic mass is 16.7. The third kappa shape index (κ3) is 3.93. The monoisotopic (exact) mass is 421 g/mol. The van der Waals surface area contributed by atoms with Gasteiger partial charge in [0.15, 0.2) is 11.5 Å². The van der Waals surface area contributed by atoms with E-state index in [-0.39, 0.29) is 18.6 Å². The molecular weight excluding hydrogens is 398 g/mol. The van der Waals surface area contributed by atoms with Gasteiger partial charge < -0.3 is 23.6 Å². The number of nitrogens with zero attached hydrogens (tertiary/aromatic N) is 3. The highest BCUT2D eigenvalue weighted by Gasteiger charge is 2.28. The van der Waals surface area contributed by atoms with Gasteiger partial charge in [-0.05, 0) is 62.2 Å². The summed E-state index contributed by atoms with van der Waals surface area (Å²) in [6.07, 6.45) is 1.57. The molecule has 0 atom stereocenters. The van der Waals surface area contributed by atoms with E-state index in [9.17, 15) is 4.79 Å². The molecule has 1 amide bonds. The zero-order chi connectivity index (χ0) is 21.2. The molecule has 3 aromatic rings. The van der Waals surface area contributed by atoms with Crippen molar-refractivity contribution in [1.29, 1.82) is 0 Å². The van der Waals surface area contributed by atoms with Crippen molar-refractivity contribution in [2.75, 3.05) is 26.5 Å². The second kappa shape index (κ2) is 8.29. The number of amides is 1. The lowest BCUT2D eigenvalue weighted by Gasteiger charge is -2.30. The van der Waals surface area contributed by atoms with Crippen LogP contribution in [0.4, 0.5) is 0 Å². The molecule has 2 aliphatic rings. The minimum Gasteiger partial charge on any atom is -0.494 e. The largest absolute Gasteiger partial charge is 0.494 e. The number of aromatic nitrogens is 2. The Morgan fingerprint density at radius 2 is 1.87 bits per heavy atom. The summed E-state index contributed by atoms with van der Waals surface area (Å²) in [6.45, 7) is 4.07. The predicted octanol–water partition coefficient (Wildman–Crippen LogP) is 3.88. The first-order chi connectivity index (χ1) is 15.2.